The third kappa shape index (κ3) is 4.98. The molecule has 106 valence electrons. The van der Waals surface area contributed by atoms with Crippen LogP contribution in [-0.2, 0) is 14.8 Å². The monoisotopic (exact) mass is 285 g/mol. The second-order valence-electron chi connectivity index (χ2n) is 4.03. The number of benzene rings is 1. The molecule has 0 atom stereocenters. The maximum atomic E-state index is 11.5. The Morgan fingerprint density at radius 2 is 1.84 bits per heavy atom. The molecule has 0 saturated heterocycles. The van der Waals surface area contributed by atoms with Crippen molar-refractivity contribution in [1.82, 2.24) is 4.72 Å². The Labute approximate surface area is 113 Å². The number of amides is 1. The molecule has 1 aromatic carbocycles. The second kappa shape index (κ2) is 7.22. The van der Waals surface area contributed by atoms with Gasteiger partial charge in [0.2, 0.25) is 15.9 Å². The molecular weight excluding hydrogens is 266 g/mol. The van der Waals surface area contributed by atoms with Gasteiger partial charge in [0.15, 0.2) is 0 Å². The molecule has 1 amide bonds. The highest BCUT2D eigenvalue weighted by atomic mass is 32.2. The second-order valence-corrected chi connectivity index (χ2v) is 5.91. The van der Waals surface area contributed by atoms with Crippen LogP contribution < -0.4 is 15.8 Å². The number of hydrogen-bond donors (Lipinski definition) is 3. The average molecular weight is 285 g/mol. The first-order valence-electron chi connectivity index (χ1n) is 6.03. The normalized spacial score (nSPS) is 11.3. The topological polar surface area (TPSA) is 101 Å². The van der Waals surface area contributed by atoms with Crippen LogP contribution >= 0.6 is 0 Å². The molecule has 0 unspecified atom stereocenters. The average Bonchev–Trinajstić information content (AvgIpc) is 2.39. The zero-order valence-corrected chi connectivity index (χ0v) is 11.7. The van der Waals surface area contributed by atoms with Gasteiger partial charge < -0.3 is 11.1 Å². The highest BCUT2D eigenvalue weighted by Crippen LogP contribution is 2.14. The Morgan fingerprint density at radius 3 is 2.37 bits per heavy atom. The van der Waals surface area contributed by atoms with E-state index in [-0.39, 0.29) is 10.8 Å². The standard InChI is InChI=1S/C12H19N3O3S/c1-14-19(17,18)11-7-5-10(6-8-11)15-12(16)4-2-3-9-13/h5-8,14H,2-4,9,13H2,1H3,(H,15,16). The molecule has 0 bridgehead atoms. The van der Waals surface area contributed by atoms with Crippen LogP contribution in [0, 0.1) is 0 Å². The summed E-state index contributed by atoms with van der Waals surface area (Å²) in [6.45, 7) is 0.573. The Balaban J connectivity index is 2.60. The zero-order chi connectivity index (χ0) is 14.3. The van der Waals surface area contributed by atoms with Gasteiger partial charge in [-0.2, -0.15) is 0 Å². The number of hydrogen-bond acceptors (Lipinski definition) is 4. The van der Waals surface area contributed by atoms with Crippen molar-refractivity contribution in [3.05, 3.63) is 24.3 Å². The third-order valence-corrected chi connectivity index (χ3v) is 4.01. The van der Waals surface area contributed by atoms with Crippen molar-refractivity contribution < 1.29 is 13.2 Å². The van der Waals surface area contributed by atoms with Gasteiger partial charge in [-0.3, -0.25) is 4.79 Å². The van der Waals surface area contributed by atoms with E-state index < -0.39 is 10.0 Å². The Kier molecular flexibility index (Phi) is 5.94. The van der Waals surface area contributed by atoms with E-state index in [9.17, 15) is 13.2 Å². The van der Waals surface area contributed by atoms with Crippen molar-refractivity contribution in [3.63, 3.8) is 0 Å². The van der Waals surface area contributed by atoms with E-state index in [0.29, 0.717) is 18.7 Å². The molecule has 0 spiro atoms. The highest BCUT2D eigenvalue weighted by Gasteiger charge is 2.10. The largest absolute Gasteiger partial charge is 0.330 e. The Hall–Kier alpha value is -1.44. The summed E-state index contributed by atoms with van der Waals surface area (Å²) in [4.78, 5) is 11.7. The maximum Gasteiger partial charge on any atom is 0.240 e. The predicted octanol–water partition coefficient (Wildman–Crippen LogP) is 0.662. The molecule has 0 aliphatic heterocycles. The number of carbonyl (C=O) groups is 1. The van der Waals surface area contributed by atoms with Crippen molar-refractivity contribution in [1.29, 1.82) is 0 Å². The highest BCUT2D eigenvalue weighted by molar-refractivity contribution is 7.89. The van der Waals surface area contributed by atoms with Gasteiger partial charge in [-0.15, -0.1) is 0 Å². The van der Waals surface area contributed by atoms with E-state index in [1.807, 2.05) is 0 Å². The van der Waals surface area contributed by atoms with E-state index in [2.05, 4.69) is 10.0 Å². The van der Waals surface area contributed by atoms with E-state index in [1.54, 1.807) is 12.1 Å². The Bertz CT molecular complexity index is 512. The SMILES string of the molecule is CNS(=O)(=O)c1ccc(NC(=O)CCCCN)cc1. The van der Waals surface area contributed by atoms with Crippen molar-refractivity contribution in [3.8, 4) is 0 Å². The summed E-state index contributed by atoms with van der Waals surface area (Å²) in [5.74, 6) is -0.0994. The molecule has 1 rings (SSSR count). The number of unbranched alkanes of at least 4 members (excludes halogenated alkanes) is 1. The molecule has 0 fully saturated rings. The third-order valence-electron chi connectivity index (χ3n) is 2.58. The first kappa shape index (κ1) is 15.6. The zero-order valence-electron chi connectivity index (χ0n) is 10.8. The number of rotatable bonds is 7. The molecule has 4 N–H and O–H groups in total. The van der Waals surface area contributed by atoms with Crippen LogP contribution in [-0.4, -0.2) is 27.9 Å². The number of anilines is 1. The lowest BCUT2D eigenvalue weighted by Crippen LogP contribution is -2.18. The van der Waals surface area contributed by atoms with Crippen LogP contribution in [0.1, 0.15) is 19.3 Å². The van der Waals surface area contributed by atoms with Crippen molar-refractivity contribution in [2.24, 2.45) is 5.73 Å². The van der Waals surface area contributed by atoms with Crippen LogP contribution in [0.3, 0.4) is 0 Å². The van der Waals surface area contributed by atoms with Gasteiger partial charge in [-0.25, -0.2) is 13.1 Å². The van der Waals surface area contributed by atoms with Gasteiger partial charge in [0, 0.05) is 12.1 Å². The molecule has 1 aromatic rings. The number of sulfonamides is 1. The van der Waals surface area contributed by atoms with E-state index in [4.69, 9.17) is 5.73 Å². The van der Waals surface area contributed by atoms with Crippen molar-refractivity contribution in [2.75, 3.05) is 18.9 Å². The first-order chi connectivity index (χ1) is 8.99. The summed E-state index contributed by atoms with van der Waals surface area (Å²) in [5, 5.41) is 2.70. The maximum absolute atomic E-state index is 11.5. The van der Waals surface area contributed by atoms with Gasteiger partial charge in [-0.05, 0) is 50.7 Å². The minimum absolute atomic E-state index is 0.0994. The van der Waals surface area contributed by atoms with Crippen LogP contribution in [0.15, 0.2) is 29.2 Å². The number of nitrogens with one attached hydrogen (secondary N) is 2. The van der Waals surface area contributed by atoms with Crippen LogP contribution in [0.5, 0.6) is 0 Å². The van der Waals surface area contributed by atoms with Crippen LogP contribution in [0.2, 0.25) is 0 Å². The van der Waals surface area contributed by atoms with Crippen molar-refractivity contribution >= 4 is 21.6 Å². The van der Waals surface area contributed by atoms with Crippen LogP contribution in [0.4, 0.5) is 5.69 Å². The fraction of sp³-hybridized carbons (Fsp3) is 0.417. The molecule has 19 heavy (non-hydrogen) atoms. The van der Waals surface area contributed by atoms with Gasteiger partial charge in [0.05, 0.1) is 4.90 Å². The minimum atomic E-state index is -3.44. The molecule has 6 nitrogen and oxygen atoms in total. The summed E-state index contributed by atoms with van der Waals surface area (Å²) in [7, 11) is -2.09. The smallest absolute Gasteiger partial charge is 0.240 e. The summed E-state index contributed by atoms with van der Waals surface area (Å²) in [6, 6.07) is 6.01. The van der Waals surface area contributed by atoms with Gasteiger partial charge in [0.1, 0.15) is 0 Å². The summed E-state index contributed by atoms with van der Waals surface area (Å²) in [6.07, 6.45) is 1.97. The lowest BCUT2D eigenvalue weighted by atomic mass is 10.2. The predicted molar refractivity (Wildman–Crippen MR) is 74.2 cm³/mol. The molecule has 0 aliphatic carbocycles. The molecule has 0 saturated carbocycles. The molecule has 0 aliphatic rings. The van der Waals surface area contributed by atoms with E-state index in [1.165, 1.54) is 19.2 Å². The summed E-state index contributed by atoms with van der Waals surface area (Å²) in [5.41, 5.74) is 5.92. The number of nitrogens with two attached hydrogens (primary N) is 1. The Morgan fingerprint density at radius 1 is 1.21 bits per heavy atom. The molecule has 0 radical (unpaired) electrons. The van der Waals surface area contributed by atoms with Gasteiger partial charge >= 0.3 is 0 Å². The van der Waals surface area contributed by atoms with E-state index >= 15 is 0 Å². The van der Waals surface area contributed by atoms with E-state index in [0.717, 1.165) is 12.8 Å². The summed E-state index contributed by atoms with van der Waals surface area (Å²) < 4.78 is 25.2. The first-order valence-corrected chi connectivity index (χ1v) is 7.51. The molecule has 0 aromatic heterocycles. The quantitative estimate of drug-likeness (QED) is 0.641. The lowest BCUT2D eigenvalue weighted by molar-refractivity contribution is -0.116. The van der Waals surface area contributed by atoms with Gasteiger partial charge in [-0.1, -0.05) is 0 Å². The molecule has 0 heterocycles. The molecule has 7 heteroatoms. The summed E-state index contributed by atoms with van der Waals surface area (Å²) >= 11 is 0. The lowest BCUT2D eigenvalue weighted by Gasteiger charge is -2.06. The minimum Gasteiger partial charge on any atom is -0.330 e. The van der Waals surface area contributed by atoms with Crippen LogP contribution in [0.25, 0.3) is 0 Å². The number of carbonyl (C=O) groups excluding carboxylic acids is 1. The van der Waals surface area contributed by atoms with Crippen molar-refractivity contribution in [2.45, 2.75) is 24.2 Å². The van der Waals surface area contributed by atoms with Gasteiger partial charge in [0.25, 0.3) is 0 Å². The fourth-order valence-corrected chi connectivity index (χ4v) is 2.22. The molecular formula is C12H19N3O3S. The fourth-order valence-electron chi connectivity index (χ4n) is 1.49.